The third-order valence-corrected chi connectivity index (χ3v) is 5.65. The van der Waals surface area contributed by atoms with E-state index in [1.807, 2.05) is 52.0 Å². The first-order chi connectivity index (χ1) is 13.8. The van der Waals surface area contributed by atoms with Crippen molar-refractivity contribution in [3.05, 3.63) is 34.8 Å². The zero-order valence-corrected chi connectivity index (χ0v) is 18.5. The highest BCUT2D eigenvalue weighted by Gasteiger charge is 2.23. The fourth-order valence-electron chi connectivity index (χ4n) is 3.06. The number of hydrogen-bond donors (Lipinski definition) is 0. The highest BCUT2D eigenvalue weighted by Crippen LogP contribution is 2.28. The van der Waals surface area contributed by atoms with Crippen molar-refractivity contribution in [1.82, 2.24) is 10.2 Å². The lowest BCUT2D eigenvalue weighted by atomic mass is 9.99. The molecule has 1 aliphatic rings. The van der Waals surface area contributed by atoms with Gasteiger partial charge in [-0.05, 0) is 58.6 Å². The summed E-state index contributed by atoms with van der Waals surface area (Å²) in [5.41, 5.74) is 1.37. The van der Waals surface area contributed by atoms with E-state index in [9.17, 15) is 4.79 Å². The summed E-state index contributed by atoms with van der Waals surface area (Å²) >= 11 is 1.55. The van der Waals surface area contributed by atoms with Gasteiger partial charge in [-0.25, -0.2) is 0 Å². The maximum absolute atomic E-state index is 12.4. The van der Waals surface area contributed by atoms with E-state index in [0.717, 1.165) is 47.0 Å². The first-order valence-electron chi connectivity index (χ1n) is 10.2. The second-order valence-corrected chi connectivity index (χ2v) is 9.36. The molecule has 29 heavy (non-hydrogen) atoms. The zero-order chi connectivity index (χ0) is 20.9. The van der Waals surface area contributed by atoms with Crippen molar-refractivity contribution < 1.29 is 19.0 Å². The molecule has 1 aromatic heterocycles. The normalized spacial score (nSPS) is 18.4. The van der Waals surface area contributed by atoms with Gasteiger partial charge in [0.15, 0.2) is 6.29 Å². The minimum atomic E-state index is -0.498. The molecule has 6 nitrogen and oxygen atoms in total. The van der Waals surface area contributed by atoms with Crippen LogP contribution in [0.15, 0.2) is 24.3 Å². The van der Waals surface area contributed by atoms with Crippen LogP contribution < -0.4 is 0 Å². The molecule has 2 unspecified atom stereocenters. The van der Waals surface area contributed by atoms with Crippen LogP contribution in [0.4, 0.5) is 0 Å². The van der Waals surface area contributed by atoms with E-state index >= 15 is 0 Å². The van der Waals surface area contributed by atoms with Crippen LogP contribution in [0.25, 0.3) is 10.6 Å². The Morgan fingerprint density at radius 1 is 1.31 bits per heavy atom. The number of carbonyl (C=O) groups excluding carboxylic acids is 1. The Bertz CT molecular complexity index is 809. The van der Waals surface area contributed by atoms with Crippen LogP contribution in [0, 0.1) is 0 Å². The average molecular weight is 419 g/mol. The second kappa shape index (κ2) is 9.78. The summed E-state index contributed by atoms with van der Waals surface area (Å²) in [5.74, 6) is -0.569. The van der Waals surface area contributed by atoms with Crippen molar-refractivity contribution in [2.45, 2.75) is 71.2 Å². The van der Waals surface area contributed by atoms with E-state index in [4.69, 9.17) is 14.2 Å². The van der Waals surface area contributed by atoms with E-state index in [0.29, 0.717) is 13.0 Å². The van der Waals surface area contributed by atoms with Crippen molar-refractivity contribution >= 4 is 17.3 Å². The largest absolute Gasteiger partial charge is 0.460 e. The number of carbonyl (C=O) groups is 1. The fourth-order valence-corrected chi connectivity index (χ4v) is 3.88. The van der Waals surface area contributed by atoms with Crippen LogP contribution in [-0.2, 0) is 25.4 Å². The predicted molar refractivity (Wildman–Crippen MR) is 113 cm³/mol. The summed E-state index contributed by atoms with van der Waals surface area (Å²) in [5, 5.41) is 10.4. The number of hydrogen-bond acceptors (Lipinski definition) is 7. The molecule has 0 bridgehead atoms. The molecular formula is C22H30N2O4S. The van der Waals surface area contributed by atoms with E-state index < -0.39 is 5.60 Å². The maximum atomic E-state index is 12.4. The van der Waals surface area contributed by atoms with Gasteiger partial charge in [0.05, 0.1) is 12.5 Å². The molecule has 0 N–H and O–H groups in total. The Kier molecular flexibility index (Phi) is 7.38. The van der Waals surface area contributed by atoms with Gasteiger partial charge in [0, 0.05) is 18.6 Å². The van der Waals surface area contributed by atoms with Crippen LogP contribution in [0.1, 0.15) is 63.4 Å². The molecule has 7 heteroatoms. The molecular weight excluding hydrogens is 388 g/mol. The SMILES string of the molecule is CC(C(=O)OC(C)(C)C)c1cccc(-c2nnc(CCOC3CCCCO3)s2)c1. The molecule has 0 radical (unpaired) electrons. The summed E-state index contributed by atoms with van der Waals surface area (Å²) in [7, 11) is 0. The molecule has 2 aromatic rings. The lowest BCUT2D eigenvalue weighted by Gasteiger charge is -2.22. The number of nitrogens with zero attached hydrogens (tertiary/aromatic N) is 2. The average Bonchev–Trinajstić information content (AvgIpc) is 3.16. The van der Waals surface area contributed by atoms with E-state index in [1.165, 1.54) is 0 Å². The fraction of sp³-hybridized carbons (Fsp3) is 0.591. The first kappa shape index (κ1) is 21.9. The molecule has 3 rings (SSSR count). The van der Waals surface area contributed by atoms with Gasteiger partial charge in [-0.15, -0.1) is 10.2 Å². The van der Waals surface area contributed by atoms with Gasteiger partial charge in [-0.2, -0.15) is 0 Å². The van der Waals surface area contributed by atoms with Gasteiger partial charge < -0.3 is 14.2 Å². The Morgan fingerprint density at radius 3 is 2.86 bits per heavy atom. The minimum absolute atomic E-state index is 0.0813. The van der Waals surface area contributed by atoms with Crippen LogP contribution in [0.5, 0.6) is 0 Å². The van der Waals surface area contributed by atoms with Crippen molar-refractivity contribution in [2.75, 3.05) is 13.2 Å². The molecule has 2 atom stereocenters. The monoisotopic (exact) mass is 418 g/mol. The molecule has 0 amide bonds. The van der Waals surface area contributed by atoms with Crippen LogP contribution in [-0.4, -0.2) is 41.3 Å². The molecule has 158 valence electrons. The van der Waals surface area contributed by atoms with E-state index in [2.05, 4.69) is 10.2 Å². The lowest BCUT2D eigenvalue weighted by Crippen LogP contribution is -2.26. The zero-order valence-electron chi connectivity index (χ0n) is 17.6. The van der Waals surface area contributed by atoms with Gasteiger partial charge in [0.2, 0.25) is 0 Å². The Labute approximate surface area is 176 Å². The molecule has 0 saturated carbocycles. The first-order valence-corrected chi connectivity index (χ1v) is 11.0. The molecule has 2 heterocycles. The second-order valence-electron chi connectivity index (χ2n) is 8.30. The number of esters is 1. The summed E-state index contributed by atoms with van der Waals surface area (Å²) < 4.78 is 16.9. The Morgan fingerprint density at radius 2 is 2.14 bits per heavy atom. The standard InChI is InChI=1S/C22H30N2O4S/c1-15(21(25)28-22(2,3)4)16-8-7-9-17(14-16)20-24-23-18(29-20)11-13-27-19-10-5-6-12-26-19/h7-9,14-15,19H,5-6,10-13H2,1-4H3. The smallest absolute Gasteiger partial charge is 0.313 e. The lowest BCUT2D eigenvalue weighted by molar-refractivity contribution is -0.161. The van der Waals surface area contributed by atoms with Gasteiger partial charge in [-0.3, -0.25) is 4.79 Å². The number of rotatable bonds is 7. The summed E-state index contributed by atoms with van der Waals surface area (Å²) in [4.78, 5) is 12.4. The van der Waals surface area contributed by atoms with Gasteiger partial charge >= 0.3 is 5.97 Å². The highest BCUT2D eigenvalue weighted by molar-refractivity contribution is 7.14. The van der Waals surface area contributed by atoms with E-state index in [1.54, 1.807) is 11.3 Å². The molecule has 1 aliphatic heterocycles. The molecule has 0 aliphatic carbocycles. The summed E-state index contributed by atoms with van der Waals surface area (Å²) in [6, 6.07) is 7.86. The molecule has 1 fully saturated rings. The van der Waals surface area contributed by atoms with Gasteiger partial charge in [-0.1, -0.05) is 29.5 Å². The van der Waals surface area contributed by atoms with E-state index in [-0.39, 0.29) is 18.2 Å². The third-order valence-electron chi connectivity index (χ3n) is 4.62. The molecule has 0 spiro atoms. The number of ether oxygens (including phenoxy) is 3. The summed E-state index contributed by atoms with van der Waals surface area (Å²) in [6.07, 6.45) is 3.87. The predicted octanol–water partition coefficient (Wildman–Crippen LogP) is 4.74. The van der Waals surface area contributed by atoms with Crippen molar-refractivity contribution in [3.63, 3.8) is 0 Å². The Hall–Kier alpha value is -1.83. The Balaban J connectivity index is 1.59. The minimum Gasteiger partial charge on any atom is -0.460 e. The van der Waals surface area contributed by atoms with Crippen LogP contribution in [0.2, 0.25) is 0 Å². The van der Waals surface area contributed by atoms with Crippen LogP contribution >= 0.6 is 11.3 Å². The van der Waals surface area contributed by atoms with Crippen molar-refractivity contribution in [2.24, 2.45) is 0 Å². The van der Waals surface area contributed by atoms with Crippen molar-refractivity contribution in [3.8, 4) is 10.6 Å². The third kappa shape index (κ3) is 6.59. The highest BCUT2D eigenvalue weighted by atomic mass is 32.1. The maximum Gasteiger partial charge on any atom is 0.313 e. The molecule has 1 aromatic carbocycles. The summed E-state index contributed by atoms with van der Waals surface area (Å²) in [6.45, 7) is 8.85. The number of benzene rings is 1. The quantitative estimate of drug-likeness (QED) is 0.605. The van der Waals surface area contributed by atoms with Gasteiger partial charge in [0.25, 0.3) is 0 Å². The topological polar surface area (TPSA) is 70.5 Å². The number of aromatic nitrogens is 2. The molecule has 1 saturated heterocycles. The van der Waals surface area contributed by atoms with Gasteiger partial charge in [0.1, 0.15) is 15.6 Å². The van der Waals surface area contributed by atoms with Crippen molar-refractivity contribution in [1.29, 1.82) is 0 Å². The van der Waals surface area contributed by atoms with Crippen LogP contribution in [0.3, 0.4) is 0 Å².